The van der Waals surface area contributed by atoms with Gasteiger partial charge < -0.3 is 4.74 Å². The Morgan fingerprint density at radius 2 is 2.17 bits per heavy atom. The first-order chi connectivity index (χ1) is 8.32. The van der Waals surface area contributed by atoms with Crippen molar-refractivity contribution < 1.29 is 14.0 Å². The van der Waals surface area contributed by atoms with E-state index >= 15 is 0 Å². The molecule has 0 aromatic carbocycles. The number of ether oxygens (including phenoxy) is 1. The minimum Gasteiger partial charge on any atom is -0.414 e. The van der Waals surface area contributed by atoms with Gasteiger partial charge in [0.05, 0.1) is 32.6 Å². The summed E-state index contributed by atoms with van der Waals surface area (Å²) in [5, 5.41) is 1.71. The summed E-state index contributed by atoms with van der Waals surface area (Å²) in [4.78, 5) is 15.0. The van der Waals surface area contributed by atoms with Crippen LogP contribution in [-0.4, -0.2) is 48.6 Å². The van der Waals surface area contributed by atoms with Crippen LogP contribution in [-0.2, 0) is 9.53 Å². The molecule has 0 bridgehead atoms. The molecule has 0 N–H and O–H groups in total. The highest BCUT2D eigenvalue weighted by Crippen LogP contribution is 2.27. The maximum atomic E-state index is 10.6. The average molecular weight is 271 g/mol. The van der Waals surface area contributed by atoms with Crippen LogP contribution in [0, 0.1) is 0 Å². The molecule has 0 fully saturated rings. The monoisotopic (exact) mass is 271 g/mol. The number of aliphatic imine (C=N–C) groups is 1. The van der Waals surface area contributed by atoms with E-state index in [0.29, 0.717) is 16.2 Å². The summed E-state index contributed by atoms with van der Waals surface area (Å²) in [6.07, 6.45) is 3.41. The second-order valence-electron chi connectivity index (χ2n) is 5.66. The lowest BCUT2D eigenvalue weighted by Gasteiger charge is -2.32. The molecule has 1 aliphatic heterocycles. The molecule has 0 spiro atoms. The van der Waals surface area contributed by atoms with Crippen LogP contribution in [0.5, 0.6) is 0 Å². The molecular formula is C13H23N2O2S+. The first-order valence-corrected chi connectivity index (χ1v) is 7.02. The molecule has 1 aliphatic rings. The Morgan fingerprint density at radius 3 is 2.67 bits per heavy atom. The largest absolute Gasteiger partial charge is 0.414 e. The SMILES string of the molecule is CC(C)SC1=NC=C(C[C@@H](OC=O)[N+](C)(C)C)C1. The lowest BCUT2D eigenvalue weighted by atomic mass is 10.1. The van der Waals surface area contributed by atoms with Crippen LogP contribution in [0.15, 0.2) is 16.8 Å². The standard InChI is InChI=1S/C13H23N2O2S/c1-10(2)18-12-6-11(8-14-12)7-13(17-9-16)15(3,4)5/h8-10,13H,6-7H2,1-5H3/q+1/t13-/m1/s1. The van der Waals surface area contributed by atoms with Crippen LogP contribution in [0.1, 0.15) is 26.7 Å². The maximum absolute atomic E-state index is 10.6. The third-order valence-corrected chi connectivity index (χ3v) is 3.65. The molecule has 0 aromatic heterocycles. The van der Waals surface area contributed by atoms with E-state index in [-0.39, 0.29) is 6.23 Å². The second kappa shape index (κ2) is 6.38. The van der Waals surface area contributed by atoms with Crippen molar-refractivity contribution in [3.05, 3.63) is 11.8 Å². The fourth-order valence-corrected chi connectivity index (χ4v) is 2.64. The van der Waals surface area contributed by atoms with Gasteiger partial charge >= 0.3 is 0 Å². The summed E-state index contributed by atoms with van der Waals surface area (Å²) in [5.74, 6) is 0. The van der Waals surface area contributed by atoms with Gasteiger partial charge in [-0.25, -0.2) is 0 Å². The zero-order valence-corrected chi connectivity index (χ0v) is 12.7. The van der Waals surface area contributed by atoms with E-state index < -0.39 is 0 Å². The predicted molar refractivity (Wildman–Crippen MR) is 76.4 cm³/mol. The minimum atomic E-state index is -0.146. The quantitative estimate of drug-likeness (QED) is 0.423. The molecule has 0 aliphatic carbocycles. The van der Waals surface area contributed by atoms with Crippen molar-refractivity contribution >= 4 is 23.3 Å². The summed E-state index contributed by atoms with van der Waals surface area (Å²) < 4.78 is 5.78. The van der Waals surface area contributed by atoms with Crippen molar-refractivity contribution in [2.45, 2.75) is 38.2 Å². The van der Waals surface area contributed by atoms with Crippen LogP contribution in [0.3, 0.4) is 0 Å². The maximum Gasteiger partial charge on any atom is 0.297 e. The average Bonchev–Trinajstić information content (AvgIpc) is 2.62. The van der Waals surface area contributed by atoms with Crippen LogP contribution < -0.4 is 0 Å². The van der Waals surface area contributed by atoms with Gasteiger partial charge in [0.25, 0.3) is 6.47 Å². The van der Waals surface area contributed by atoms with Crippen LogP contribution in [0.2, 0.25) is 0 Å². The molecule has 0 saturated heterocycles. The summed E-state index contributed by atoms with van der Waals surface area (Å²) in [6, 6.07) is 0. The van der Waals surface area contributed by atoms with E-state index in [1.165, 1.54) is 5.57 Å². The molecule has 102 valence electrons. The Hall–Kier alpha value is -0.810. The van der Waals surface area contributed by atoms with Gasteiger partial charge in [0, 0.05) is 17.9 Å². The Balaban J connectivity index is 2.52. The van der Waals surface area contributed by atoms with E-state index in [9.17, 15) is 4.79 Å². The highest BCUT2D eigenvalue weighted by Gasteiger charge is 2.27. The Labute approximate surface area is 114 Å². The van der Waals surface area contributed by atoms with Gasteiger partial charge in [0.2, 0.25) is 6.23 Å². The van der Waals surface area contributed by atoms with Crippen LogP contribution in [0.25, 0.3) is 0 Å². The van der Waals surface area contributed by atoms with Gasteiger partial charge in [-0.15, -0.1) is 11.8 Å². The molecule has 5 heteroatoms. The van der Waals surface area contributed by atoms with Crippen molar-refractivity contribution in [2.24, 2.45) is 4.99 Å². The van der Waals surface area contributed by atoms with E-state index in [1.54, 1.807) is 11.8 Å². The zero-order chi connectivity index (χ0) is 13.8. The normalized spacial score (nSPS) is 17.4. The number of quaternary nitrogens is 1. The molecule has 0 unspecified atom stereocenters. The van der Waals surface area contributed by atoms with E-state index in [1.807, 2.05) is 27.3 Å². The summed E-state index contributed by atoms with van der Waals surface area (Å²) in [5.41, 5.74) is 1.23. The number of thioether (sulfide) groups is 1. The Bertz CT molecular complexity index is 356. The minimum absolute atomic E-state index is 0.146. The topological polar surface area (TPSA) is 38.7 Å². The number of hydrogen-bond acceptors (Lipinski definition) is 4. The van der Waals surface area contributed by atoms with Crippen molar-refractivity contribution in [2.75, 3.05) is 21.1 Å². The number of nitrogens with zero attached hydrogens (tertiary/aromatic N) is 2. The van der Waals surface area contributed by atoms with Crippen LogP contribution in [0.4, 0.5) is 0 Å². The van der Waals surface area contributed by atoms with Gasteiger partial charge in [-0.1, -0.05) is 13.8 Å². The number of hydrogen-bond donors (Lipinski definition) is 0. The fraction of sp³-hybridized carbons (Fsp3) is 0.692. The lowest BCUT2D eigenvalue weighted by Crippen LogP contribution is -2.46. The van der Waals surface area contributed by atoms with Crippen molar-refractivity contribution in [1.82, 2.24) is 0 Å². The molecule has 4 nitrogen and oxygen atoms in total. The van der Waals surface area contributed by atoms with Crippen molar-refractivity contribution in [1.29, 1.82) is 0 Å². The first kappa shape index (κ1) is 15.2. The van der Waals surface area contributed by atoms with Gasteiger partial charge in [0.1, 0.15) is 0 Å². The van der Waals surface area contributed by atoms with Gasteiger partial charge in [-0.3, -0.25) is 14.3 Å². The molecule has 0 radical (unpaired) electrons. The summed E-state index contributed by atoms with van der Waals surface area (Å²) >= 11 is 1.80. The number of carbonyl (C=O) groups is 1. The second-order valence-corrected chi connectivity index (χ2v) is 7.31. The Kier molecular flexibility index (Phi) is 5.41. The van der Waals surface area contributed by atoms with E-state index in [0.717, 1.165) is 17.9 Å². The molecule has 18 heavy (non-hydrogen) atoms. The third kappa shape index (κ3) is 4.82. The molecule has 0 saturated carbocycles. The molecule has 1 atom stereocenters. The van der Waals surface area contributed by atoms with Gasteiger partial charge in [0.15, 0.2) is 0 Å². The molecule has 1 heterocycles. The molecular weight excluding hydrogens is 248 g/mol. The van der Waals surface area contributed by atoms with Gasteiger partial charge in [-0.2, -0.15) is 0 Å². The fourth-order valence-electron chi connectivity index (χ4n) is 1.71. The van der Waals surface area contributed by atoms with E-state index in [4.69, 9.17) is 4.74 Å². The molecule has 1 rings (SSSR count). The van der Waals surface area contributed by atoms with Crippen molar-refractivity contribution in [3.8, 4) is 0 Å². The number of rotatable bonds is 6. The first-order valence-electron chi connectivity index (χ1n) is 6.14. The summed E-state index contributed by atoms with van der Waals surface area (Å²) in [6.45, 7) is 4.86. The summed E-state index contributed by atoms with van der Waals surface area (Å²) in [7, 11) is 6.07. The smallest absolute Gasteiger partial charge is 0.297 e. The zero-order valence-electron chi connectivity index (χ0n) is 11.8. The highest BCUT2D eigenvalue weighted by molar-refractivity contribution is 8.14. The molecule has 0 amide bonds. The molecule has 0 aromatic rings. The van der Waals surface area contributed by atoms with Crippen molar-refractivity contribution in [3.63, 3.8) is 0 Å². The van der Waals surface area contributed by atoms with Gasteiger partial charge in [-0.05, 0) is 5.57 Å². The van der Waals surface area contributed by atoms with E-state index in [2.05, 4.69) is 18.8 Å². The number of carbonyl (C=O) groups excluding carboxylic acids is 1. The third-order valence-electron chi connectivity index (χ3n) is 2.65. The predicted octanol–water partition coefficient (Wildman–Crippen LogP) is 2.41. The highest BCUT2D eigenvalue weighted by atomic mass is 32.2. The van der Waals surface area contributed by atoms with Crippen LogP contribution >= 0.6 is 11.8 Å². The lowest BCUT2D eigenvalue weighted by molar-refractivity contribution is -0.916. The Morgan fingerprint density at radius 1 is 1.50 bits per heavy atom.